The Morgan fingerprint density at radius 1 is 1.21 bits per heavy atom. The minimum Gasteiger partial charge on any atom is -0.454 e. The number of aliphatic hydroxyl groups is 1. The Morgan fingerprint density at radius 3 is 2.62 bits per heavy atom. The Morgan fingerprint density at radius 2 is 1.96 bits per heavy atom. The SMILES string of the molecule is O=C(OC(/C=C/c1cccc([N+](=O)[O-])c1)CCO)c1ccccc1. The van der Waals surface area contributed by atoms with Crippen LogP contribution in [0, 0.1) is 10.1 Å². The van der Waals surface area contributed by atoms with Crippen molar-refractivity contribution in [1.29, 1.82) is 0 Å². The van der Waals surface area contributed by atoms with Gasteiger partial charge in [-0.15, -0.1) is 0 Å². The summed E-state index contributed by atoms with van der Waals surface area (Å²) in [6, 6.07) is 14.7. The van der Waals surface area contributed by atoms with E-state index in [0.29, 0.717) is 11.1 Å². The largest absolute Gasteiger partial charge is 0.454 e. The van der Waals surface area contributed by atoms with Gasteiger partial charge < -0.3 is 9.84 Å². The number of carbonyl (C=O) groups is 1. The summed E-state index contributed by atoms with van der Waals surface area (Å²) in [5.41, 5.74) is 1.02. The van der Waals surface area contributed by atoms with Gasteiger partial charge >= 0.3 is 5.97 Å². The van der Waals surface area contributed by atoms with E-state index >= 15 is 0 Å². The van der Waals surface area contributed by atoms with Crippen LogP contribution in [0.4, 0.5) is 5.69 Å². The lowest BCUT2D eigenvalue weighted by Gasteiger charge is -2.13. The molecule has 1 atom stereocenters. The van der Waals surface area contributed by atoms with Crippen LogP contribution < -0.4 is 0 Å². The Balaban J connectivity index is 2.09. The molecule has 1 N–H and O–H groups in total. The predicted octanol–water partition coefficient (Wildman–Crippen LogP) is 3.22. The molecule has 2 aromatic rings. The van der Waals surface area contributed by atoms with Crippen LogP contribution in [0.2, 0.25) is 0 Å². The number of nitro benzene ring substituents is 1. The molecule has 0 aliphatic carbocycles. The van der Waals surface area contributed by atoms with Gasteiger partial charge in [-0.2, -0.15) is 0 Å². The highest BCUT2D eigenvalue weighted by molar-refractivity contribution is 5.89. The van der Waals surface area contributed by atoms with E-state index in [9.17, 15) is 14.9 Å². The van der Waals surface area contributed by atoms with Crippen LogP contribution >= 0.6 is 0 Å². The van der Waals surface area contributed by atoms with E-state index in [1.807, 2.05) is 0 Å². The van der Waals surface area contributed by atoms with Gasteiger partial charge in [-0.1, -0.05) is 36.4 Å². The van der Waals surface area contributed by atoms with Crippen molar-refractivity contribution in [3.63, 3.8) is 0 Å². The summed E-state index contributed by atoms with van der Waals surface area (Å²) < 4.78 is 5.36. The second kappa shape index (κ2) is 8.59. The molecule has 24 heavy (non-hydrogen) atoms. The lowest BCUT2D eigenvalue weighted by atomic mass is 10.1. The zero-order valence-corrected chi connectivity index (χ0v) is 12.9. The minimum absolute atomic E-state index is 0.0165. The fourth-order valence-electron chi connectivity index (χ4n) is 2.06. The molecule has 0 amide bonds. The lowest BCUT2D eigenvalue weighted by Crippen LogP contribution is -2.17. The van der Waals surface area contributed by atoms with Gasteiger partial charge in [0.25, 0.3) is 5.69 Å². The average molecular weight is 327 g/mol. The monoisotopic (exact) mass is 327 g/mol. The number of nitrogens with zero attached hydrogens (tertiary/aromatic N) is 1. The highest BCUT2D eigenvalue weighted by Gasteiger charge is 2.13. The highest BCUT2D eigenvalue weighted by Crippen LogP contribution is 2.15. The molecule has 0 radical (unpaired) electrons. The summed E-state index contributed by atoms with van der Waals surface area (Å²) >= 11 is 0. The maximum absolute atomic E-state index is 12.1. The van der Waals surface area contributed by atoms with E-state index < -0.39 is 17.0 Å². The van der Waals surface area contributed by atoms with Crippen molar-refractivity contribution in [2.24, 2.45) is 0 Å². The van der Waals surface area contributed by atoms with Crippen molar-refractivity contribution in [3.05, 3.63) is 81.9 Å². The topological polar surface area (TPSA) is 89.7 Å². The first-order valence-corrected chi connectivity index (χ1v) is 7.39. The summed E-state index contributed by atoms with van der Waals surface area (Å²) in [6.07, 6.45) is 2.85. The normalized spacial score (nSPS) is 12.0. The van der Waals surface area contributed by atoms with Crippen LogP contribution in [0.25, 0.3) is 6.08 Å². The molecule has 1 unspecified atom stereocenters. The van der Waals surface area contributed by atoms with E-state index in [-0.39, 0.29) is 18.7 Å². The molecular formula is C18H17NO5. The summed E-state index contributed by atoms with van der Waals surface area (Å²) in [5.74, 6) is -0.488. The first-order valence-electron chi connectivity index (χ1n) is 7.39. The molecular weight excluding hydrogens is 310 g/mol. The number of hydrogen-bond donors (Lipinski definition) is 1. The molecule has 124 valence electrons. The third kappa shape index (κ3) is 5.03. The maximum Gasteiger partial charge on any atom is 0.338 e. The Labute approximate surface area is 139 Å². The zero-order chi connectivity index (χ0) is 17.4. The van der Waals surface area contributed by atoms with Gasteiger partial charge in [0, 0.05) is 25.2 Å². The maximum atomic E-state index is 12.1. The number of esters is 1. The average Bonchev–Trinajstić information content (AvgIpc) is 2.61. The number of hydrogen-bond acceptors (Lipinski definition) is 5. The van der Waals surface area contributed by atoms with Gasteiger partial charge in [-0.3, -0.25) is 10.1 Å². The van der Waals surface area contributed by atoms with E-state index in [0.717, 1.165) is 0 Å². The van der Waals surface area contributed by atoms with E-state index in [2.05, 4.69) is 0 Å². The molecule has 0 fully saturated rings. The molecule has 0 heterocycles. The number of nitro groups is 1. The number of benzene rings is 2. The second-order valence-electron chi connectivity index (χ2n) is 5.03. The quantitative estimate of drug-likeness (QED) is 0.479. The van der Waals surface area contributed by atoms with Gasteiger partial charge in [0.2, 0.25) is 0 Å². The van der Waals surface area contributed by atoms with Crippen molar-refractivity contribution in [2.75, 3.05) is 6.61 Å². The zero-order valence-electron chi connectivity index (χ0n) is 12.9. The summed E-state index contributed by atoms with van der Waals surface area (Å²) in [7, 11) is 0. The number of non-ortho nitro benzene ring substituents is 1. The van der Waals surface area contributed by atoms with Crippen LogP contribution in [-0.4, -0.2) is 28.7 Å². The van der Waals surface area contributed by atoms with E-state index in [4.69, 9.17) is 9.84 Å². The van der Waals surface area contributed by atoms with Crippen LogP contribution in [0.15, 0.2) is 60.7 Å². The summed E-state index contributed by atoms with van der Waals surface area (Å²) in [5, 5.41) is 19.9. The van der Waals surface area contributed by atoms with Gasteiger partial charge in [-0.05, 0) is 23.8 Å². The molecule has 2 rings (SSSR count). The molecule has 6 nitrogen and oxygen atoms in total. The van der Waals surface area contributed by atoms with Crippen molar-refractivity contribution < 1.29 is 19.6 Å². The molecule has 0 aliphatic heterocycles. The van der Waals surface area contributed by atoms with Crippen LogP contribution in [0.1, 0.15) is 22.3 Å². The third-order valence-electron chi connectivity index (χ3n) is 3.27. The molecule has 0 spiro atoms. The minimum atomic E-state index is -0.623. The summed E-state index contributed by atoms with van der Waals surface area (Å²) in [4.78, 5) is 22.4. The van der Waals surface area contributed by atoms with Crippen molar-refractivity contribution in [3.8, 4) is 0 Å². The number of aliphatic hydroxyl groups excluding tert-OH is 1. The van der Waals surface area contributed by atoms with Gasteiger partial charge in [0.15, 0.2) is 0 Å². The third-order valence-corrected chi connectivity index (χ3v) is 3.27. The molecule has 0 saturated heterocycles. The Hall–Kier alpha value is -2.99. The molecule has 0 bridgehead atoms. The first kappa shape index (κ1) is 17.4. The van der Waals surface area contributed by atoms with Gasteiger partial charge in [0.1, 0.15) is 6.10 Å². The van der Waals surface area contributed by atoms with Gasteiger partial charge in [-0.25, -0.2) is 4.79 Å². The molecule has 0 saturated carbocycles. The first-order chi connectivity index (χ1) is 11.6. The molecule has 0 aliphatic rings. The van der Waals surface area contributed by atoms with Crippen molar-refractivity contribution in [2.45, 2.75) is 12.5 Å². The smallest absolute Gasteiger partial charge is 0.338 e. The Bertz CT molecular complexity index is 727. The number of ether oxygens (including phenoxy) is 1. The lowest BCUT2D eigenvalue weighted by molar-refractivity contribution is -0.384. The molecule has 2 aromatic carbocycles. The molecule has 0 aromatic heterocycles. The van der Waals surface area contributed by atoms with E-state index in [1.54, 1.807) is 54.6 Å². The van der Waals surface area contributed by atoms with Gasteiger partial charge in [0.05, 0.1) is 10.5 Å². The predicted molar refractivity (Wildman–Crippen MR) is 89.5 cm³/mol. The standard InChI is InChI=1S/C18H17NO5/c20-12-11-17(24-18(21)15-6-2-1-3-7-15)10-9-14-5-4-8-16(13-14)19(22)23/h1-10,13,17,20H,11-12H2/b10-9+. The van der Waals surface area contributed by atoms with Crippen molar-refractivity contribution >= 4 is 17.7 Å². The fraction of sp³-hybridized carbons (Fsp3) is 0.167. The molecule has 6 heteroatoms. The Kier molecular flexibility index (Phi) is 6.22. The fourth-order valence-corrected chi connectivity index (χ4v) is 2.06. The van der Waals surface area contributed by atoms with Crippen LogP contribution in [0.3, 0.4) is 0 Å². The number of rotatable bonds is 7. The summed E-state index contributed by atoms with van der Waals surface area (Å²) in [6.45, 7) is -0.147. The van der Waals surface area contributed by atoms with Crippen LogP contribution in [-0.2, 0) is 4.74 Å². The second-order valence-corrected chi connectivity index (χ2v) is 5.03. The van der Waals surface area contributed by atoms with Crippen molar-refractivity contribution in [1.82, 2.24) is 0 Å². The van der Waals surface area contributed by atoms with Crippen LogP contribution in [0.5, 0.6) is 0 Å². The highest BCUT2D eigenvalue weighted by atomic mass is 16.6. The number of carbonyl (C=O) groups excluding carboxylic acids is 1. The van der Waals surface area contributed by atoms with E-state index in [1.165, 1.54) is 12.1 Å².